The van der Waals surface area contributed by atoms with Crippen LogP contribution in [-0.4, -0.2) is 48.7 Å². The second-order valence-corrected chi connectivity index (χ2v) is 9.89. The normalized spacial score (nSPS) is 13.5. The van der Waals surface area contributed by atoms with Crippen LogP contribution in [0.4, 0.5) is 16.6 Å². The Labute approximate surface area is 220 Å². The van der Waals surface area contributed by atoms with Gasteiger partial charge in [0.15, 0.2) is 11.5 Å². The van der Waals surface area contributed by atoms with Gasteiger partial charge in [0.2, 0.25) is 0 Å². The molecule has 4 aromatic heterocycles. The van der Waals surface area contributed by atoms with Crippen molar-refractivity contribution in [1.82, 2.24) is 24.7 Å². The van der Waals surface area contributed by atoms with E-state index in [0.717, 1.165) is 48.8 Å². The zero-order valence-corrected chi connectivity index (χ0v) is 21.0. The number of para-hydroxylation sites is 1. The minimum atomic E-state index is -0.521. The molecule has 1 fully saturated rings. The number of nitrogens with zero attached hydrogens (tertiary/aromatic N) is 7. The molecule has 5 heterocycles. The summed E-state index contributed by atoms with van der Waals surface area (Å²) >= 11 is 0.801. The third-order valence-corrected chi connectivity index (χ3v) is 7.38. The Hall–Kier alpha value is -4.71. The standard InChI is InChI=1S/C26H22N8O3S/c35-26(20-10-12-22(38-20)34(36)37)31-24-19-16-28-33(18-7-3-1-4-8-18)25(19)30-23(29-24)17-9-11-21(27-15-17)32-13-5-2-6-14-32/h1,3-4,7-12,15-16H,2,5-6,13-14H2,(H,29,30,31,35). The Bertz CT molecular complexity index is 1630. The molecule has 12 heteroatoms. The molecule has 0 atom stereocenters. The van der Waals surface area contributed by atoms with Crippen molar-refractivity contribution in [2.75, 3.05) is 23.3 Å². The number of nitrogens with one attached hydrogen (secondary N) is 1. The molecule has 6 rings (SSSR count). The molecule has 0 radical (unpaired) electrons. The molecule has 0 spiro atoms. The molecule has 0 bridgehead atoms. The lowest BCUT2D eigenvalue weighted by molar-refractivity contribution is -0.380. The summed E-state index contributed by atoms with van der Waals surface area (Å²) in [5.41, 5.74) is 2.00. The van der Waals surface area contributed by atoms with Crippen LogP contribution in [0.2, 0.25) is 0 Å². The molecule has 0 aliphatic carbocycles. The molecule has 0 saturated carbocycles. The number of nitro groups is 1. The van der Waals surface area contributed by atoms with Crippen LogP contribution in [0.5, 0.6) is 0 Å². The van der Waals surface area contributed by atoms with Crippen molar-refractivity contribution in [2.45, 2.75) is 19.3 Å². The second-order valence-electron chi connectivity index (χ2n) is 8.83. The van der Waals surface area contributed by atoms with E-state index >= 15 is 0 Å². The van der Waals surface area contributed by atoms with E-state index in [0.29, 0.717) is 22.4 Å². The molecule has 190 valence electrons. The van der Waals surface area contributed by atoms with Crippen LogP contribution in [0, 0.1) is 10.1 Å². The van der Waals surface area contributed by atoms with Crippen LogP contribution in [0.15, 0.2) is 67.0 Å². The Morgan fingerprint density at radius 1 is 0.974 bits per heavy atom. The number of carbonyl (C=O) groups excluding carboxylic acids is 1. The van der Waals surface area contributed by atoms with Crippen LogP contribution >= 0.6 is 11.3 Å². The summed E-state index contributed by atoms with van der Waals surface area (Å²) in [5, 5.41) is 18.8. The van der Waals surface area contributed by atoms with Crippen LogP contribution in [-0.2, 0) is 0 Å². The predicted molar refractivity (Wildman–Crippen MR) is 145 cm³/mol. The molecule has 1 amide bonds. The number of piperidine rings is 1. The molecular weight excluding hydrogens is 504 g/mol. The van der Waals surface area contributed by atoms with Gasteiger partial charge >= 0.3 is 5.00 Å². The number of rotatable bonds is 6. The average molecular weight is 527 g/mol. The fraction of sp³-hybridized carbons (Fsp3) is 0.192. The van der Waals surface area contributed by atoms with E-state index in [9.17, 15) is 14.9 Å². The van der Waals surface area contributed by atoms with Crippen molar-refractivity contribution < 1.29 is 9.72 Å². The Morgan fingerprint density at radius 3 is 2.50 bits per heavy atom. The molecule has 1 aromatic carbocycles. The number of amides is 1. The summed E-state index contributed by atoms with van der Waals surface area (Å²) in [6.45, 7) is 1.98. The van der Waals surface area contributed by atoms with Gasteiger partial charge in [0.1, 0.15) is 11.6 Å². The van der Waals surface area contributed by atoms with Gasteiger partial charge in [0, 0.05) is 30.9 Å². The largest absolute Gasteiger partial charge is 0.357 e. The minimum absolute atomic E-state index is 0.111. The number of hydrogen-bond acceptors (Lipinski definition) is 9. The maximum Gasteiger partial charge on any atom is 0.324 e. The fourth-order valence-corrected chi connectivity index (χ4v) is 5.15. The Balaban J connectivity index is 1.41. The lowest BCUT2D eigenvalue weighted by Crippen LogP contribution is -2.29. The maximum absolute atomic E-state index is 13.0. The van der Waals surface area contributed by atoms with Gasteiger partial charge in [-0.2, -0.15) is 5.10 Å². The molecule has 1 N–H and O–H groups in total. The number of benzene rings is 1. The van der Waals surface area contributed by atoms with E-state index in [1.54, 1.807) is 17.1 Å². The quantitative estimate of drug-likeness (QED) is 0.239. The summed E-state index contributed by atoms with van der Waals surface area (Å²) < 4.78 is 1.68. The first kappa shape index (κ1) is 23.7. The SMILES string of the molecule is O=C(Nc1nc(-c2ccc(N3CCCCC3)nc2)nc2c1cnn2-c1ccccc1)c1ccc([N+](=O)[O-])s1. The lowest BCUT2D eigenvalue weighted by atomic mass is 10.1. The summed E-state index contributed by atoms with van der Waals surface area (Å²) in [5.74, 6) is 1.05. The number of carbonyl (C=O) groups is 1. The van der Waals surface area contributed by atoms with Crippen LogP contribution in [0.3, 0.4) is 0 Å². The minimum Gasteiger partial charge on any atom is -0.357 e. The second kappa shape index (κ2) is 9.98. The van der Waals surface area contributed by atoms with Crippen LogP contribution in [0.25, 0.3) is 28.1 Å². The van der Waals surface area contributed by atoms with E-state index in [2.05, 4.69) is 25.3 Å². The number of fused-ring (bicyclic) bond motifs is 1. The van der Waals surface area contributed by atoms with Gasteiger partial charge in [-0.1, -0.05) is 29.5 Å². The van der Waals surface area contributed by atoms with Crippen molar-refractivity contribution in [3.8, 4) is 17.1 Å². The van der Waals surface area contributed by atoms with Gasteiger partial charge in [-0.05, 0) is 49.6 Å². The van der Waals surface area contributed by atoms with E-state index in [1.165, 1.54) is 18.6 Å². The first-order valence-electron chi connectivity index (χ1n) is 12.1. The van der Waals surface area contributed by atoms with E-state index < -0.39 is 10.8 Å². The van der Waals surface area contributed by atoms with Gasteiger partial charge < -0.3 is 10.2 Å². The third kappa shape index (κ3) is 4.57. The third-order valence-electron chi connectivity index (χ3n) is 6.34. The zero-order chi connectivity index (χ0) is 26.1. The van der Waals surface area contributed by atoms with Gasteiger partial charge in [0.05, 0.1) is 27.1 Å². The summed E-state index contributed by atoms with van der Waals surface area (Å²) in [4.78, 5) is 40.1. The van der Waals surface area contributed by atoms with Gasteiger partial charge in [-0.15, -0.1) is 0 Å². The molecule has 5 aromatic rings. The number of thiophene rings is 1. The first-order valence-corrected chi connectivity index (χ1v) is 13.0. The first-order chi connectivity index (χ1) is 18.6. The smallest absolute Gasteiger partial charge is 0.324 e. The van der Waals surface area contributed by atoms with Crippen molar-refractivity contribution in [2.24, 2.45) is 0 Å². The topological polar surface area (TPSA) is 132 Å². The molecule has 11 nitrogen and oxygen atoms in total. The van der Waals surface area contributed by atoms with Crippen LogP contribution in [0.1, 0.15) is 28.9 Å². The highest BCUT2D eigenvalue weighted by molar-refractivity contribution is 7.17. The molecule has 1 saturated heterocycles. The molecule has 0 unspecified atom stereocenters. The summed E-state index contributed by atoms with van der Waals surface area (Å²) in [6, 6.07) is 16.2. The Kier molecular flexibility index (Phi) is 6.22. The van der Waals surface area contributed by atoms with Gasteiger partial charge in [-0.3, -0.25) is 14.9 Å². The highest BCUT2D eigenvalue weighted by Gasteiger charge is 2.21. The zero-order valence-electron chi connectivity index (χ0n) is 20.1. The number of pyridine rings is 1. The van der Waals surface area contributed by atoms with E-state index in [1.807, 2.05) is 42.5 Å². The highest BCUT2D eigenvalue weighted by atomic mass is 32.1. The van der Waals surface area contributed by atoms with Crippen molar-refractivity contribution in [3.05, 3.63) is 82.0 Å². The van der Waals surface area contributed by atoms with Gasteiger partial charge in [0.25, 0.3) is 5.91 Å². The van der Waals surface area contributed by atoms with Gasteiger partial charge in [-0.25, -0.2) is 19.6 Å². The molecule has 1 aliphatic heterocycles. The molecule has 1 aliphatic rings. The molecular formula is C26H22N8O3S. The lowest BCUT2D eigenvalue weighted by Gasteiger charge is -2.27. The van der Waals surface area contributed by atoms with Crippen molar-refractivity contribution >= 4 is 44.9 Å². The number of aromatic nitrogens is 5. The van der Waals surface area contributed by atoms with E-state index in [-0.39, 0.29) is 15.7 Å². The maximum atomic E-state index is 13.0. The highest BCUT2D eigenvalue weighted by Crippen LogP contribution is 2.29. The van der Waals surface area contributed by atoms with Crippen molar-refractivity contribution in [1.29, 1.82) is 0 Å². The predicted octanol–water partition coefficient (Wildman–Crippen LogP) is 5.09. The van der Waals surface area contributed by atoms with Crippen LogP contribution < -0.4 is 10.2 Å². The number of anilines is 2. The summed E-state index contributed by atoms with van der Waals surface area (Å²) in [7, 11) is 0. The molecule has 38 heavy (non-hydrogen) atoms. The van der Waals surface area contributed by atoms with Crippen molar-refractivity contribution in [3.63, 3.8) is 0 Å². The number of hydrogen-bond donors (Lipinski definition) is 1. The summed E-state index contributed by atoms with van der Waals surface area (Å²) in [6.07, 6.45) is 6.88. The average Bonchev–Trinajstić information content (AvgIpc) is 3.63. The fourth-order valence-electron chi connectivity index (χ4n) is 4.44. The Morgan fingerprint density at radius 2 is 1.79 bits per heavy atom. The monoisotopic (exact) mass is 526 g/mol. The van der Waals surface area contributed by atoms with E-state index in [4.69, 9.17) is 4.98 Å².